The molecule has 2 amide bonds. The van der Waals surface area contributed by atoms with Crippen LogP contribution < -0.4 is 20.1 Å². The number of fused-ring (bicyclic) bond motifs is 1. The number of rotatable bonds is 6. The van der Waals surface area contributed by atoms with Crippen LogP contribution in [0.15, 0.2) is 42.5 Å². The average Bonchev–Trinajstić information content (AvgIpc) is 2.66. The lowest BCUT2D eigenvalue weighted by Crippen LogP contribution is -2.28. The van der Waals surface area contributed by atoms with E-state index in [1.54, 1.807) is 42.5 Å². The zero-order valence-corrected chi connectivity index (χ0v) is 14.8. The Bertz CT molecular complexity index is 810. The maximum Gasteiger partial charge on any atom is 0.411 e. The van der Waals surface area contributed by atoms with Crippen molar-refractivity contribution in [3.8, 4) is 11.5 Å². The van der Waals surface area contributed by atoms with Gasteiger partial charge in [-0.3, -0.25) is 0 Å². The fourth-order valence-electron chi connectivity index (χ4n) is 2.52. The molecular formula is C19H19F3N2O4. The van der Waals surface area contributed by atoms with Crippen LogP contribution in [0.4, 0.5) is 23.7 Å². The molecule has 1 aliphatic rings. The lowest BCUT2D eigenvalue weighted by atomic mass is 10.1. The van der Waals surface area contributed by atoms with Gasteiger partial charge in [0.1, 0.15) is 19.8 Å². The molecular weight excluding hydrogens is 377 g/mol. The molecule has 0 bridgehead atoms. The normalized spacial score (nSPS) is 13.1. The first-order valence-corrected chi connectivity index (χ1v) is 8.56. The third-order valence-corrected chi connectivity index (χ3v) is 3.81. The third-order valence-electron chi connectivity index (χ3n) is 3.81. The van der Waals surface area contributed by atoms with Crippen LogP contribution in [0.1, 0.15) is 11.1 Å². The molecule has 0 saturated heterocycles. The van der Waals surface area contributed by atoms with Crippen LogP contribution in [0.2, 0.25) is 0 Å². The molecule has 2 aromatic rings. The number of ether oxygens (including phenoxy) is 3. The molecule has 0 aromatic heterocycles. The number of carbonyl (C=O) groups is 1. The number of hydrogen-bond acceptors (Lipinski definition) is 4. The number of alkyl halides is 3. The Hall–Kier alpha value is -2.94. The number of nitrogens with one attached hydrogen (secondary N) is 2. The van der Waals surface area contributed by atoms with E-state index in [9.17, 15) is 18.0 Å². The summed E-state index contributed by atoms with van der Waals surface area (Å²) in [6.07, 6.45) is -4.34. The van der Waals surface area contributed by atoms with E-state index >= 15 is 0 Å². The highest BCUT2D eigenvalue weighted by Crippen LogP contribution is 2.32. The lowest BCUT2D eigenvalue weighted by Gasteiger charge is -2.19. The van der Waals surface area contributed by atoms with Gasteiger partial charge in [-0.2, -0.15) is 13.2 Å². The van der Waals surface area contributed by atoms with Crippen LogP contribution in [0, 0.1) is 0 Å². The zero-order valence-electron chi connectivity index (χ0n) is 14.8. The van der Waals surface area contributed by atoms with E-state index in [-0.39, 0.29) is 13.2 Å². The smallest absolute Gasteiger partial charge is 0.411 e. The highest BCUT2D eigenvalue weighted by atomic mass is 19.4. The summed E-state index contributed by atoms with van der Waals surface area (Å²) in [5.74, 6) is 1.21. The average molecular weight is 396 g/mol. The molecule has 3 rings (SSSR count). The van der Waals surface area contributed by atoms with Gasteiger partial charge in [0, 0.05) is 18.3 Å². The summed E-state index contributed by atoms with van der Waals surface area (Å²) in [7, 11) is 0. The predicted octanol–water partition coefficient (Wildman–Crippen LogP) is 3.86. The van der Waals surface area contributed by atoms with Gasteiger partial charge in [0.2, 0.25) is 0 Å². The number of anilines is 1. The van der Waals surface area contributed by atoms with E-state index < -0.39 is 18.8 Å². The highest BCUT2D eigenvalue weighted by molar-refractivity contribution is 5.89. The van der Waals surface area contributed by atoms with E-state index in [4.69, 9.17) is 9.47 Å². The maximum atomic E-state index is 12.1. The molecule has 0 fully saturated rings. The Labute approximate surface area is 159 Å². The van der Waals surface area contributed by atoms with Crippen molar-refractivity contribution in [2.24, 2.45) is 0 Å². The largest absolute Gasteiger partial charge is 0.486 e. The zero-order chi connectivity index (χ0) is 20.0. The summed E-state index contributed by atoms with van der Waals surface area (Å²) >= 11 is 0. The Morgan fingerprint density at radius 2 is 1.68 bits per heavy atom. The van der Waals surface area contributed by atoms with Crippen molar-refractivity contribution in [1.82, 2.24) is 5.32 Å². The molecule has 0 atom stereocenters. The molecule has 6 nitrogen and oxygen atoms in total. The van der Waals surface area contributed by atoms with Gasteiger partial charge in [-0.05, 0) is 23.3 Å². The maximum absolute atomic E-state index is 12.1. The standard InChI is InChI=1S/C19H19F3N2O4/c20-19(21,22)12-26-11-14-3-1-13(2-4-14)10-23-18(25)24-15-5-6-16-17(9-15)28-8-7-27-16/h1-6,9H,7-8,10-12H2,(H2,23,24,25). The fourth-order valence-corrected chi connectivity index (χ4v) is 2.52. The third kappa shape index (κ3) is 6.05. The van der Waals surface area contributed by atoms with Crippen LogP contribution in [0.25, 0.3) is 0 Å². The van der Waals surface area contributed by atoms with Gasteiger partial charge in [-0.1, -0.05) is 24.3 Å². The van der Waals surface area contributed by atoms with Crippen LogP contribution >= 0.6 is 0 Å². The van der Waals surface area contributed by atoms with Gasteiger partial charge in [-0.25, -0.2) is 4.79 Å². The molecule has 0 radical (unpaired) electrons. The summed E-state index contributed by atoms with van der Waals surface area (Å²) < 4.78 is 51.7. The minimum atomic E-state index is -4.34. The second kappa shape index (κ2) is 8.83. The lowest BCUT2D eigenvalue weighted by molar-refractivity contribution is -0.176. The Morgan fingerprint density at radius 1 is 1.00 bits per heavy atom. The number of benzene rings is 2. The fraction of sp³-hybridized carbons (Fsp3) is 0.316. The van der Waals surface area contributed by atoms with Crippen LogP contribution in [-0.4, -0.2) is 32.0 Å². The van der Waals surface area contributed by atoms with Crippen LogP contribution in [-0.2, 0) is 17.9 Å². The Kier molecular flexibility index (Phi) is 6.25. The summed E-state index contributed by atoms with van der Waals surface area (Å²) in [6, 6.07) is 11.5. The van der Waals surface area contributed by atoms with Crippen LogP contribution in [0.3, 0.4) is 0 Å². The molecule has 9 heteroatoms. The summed E-state index contributed by atoms with van der Waals surface area (Å²) in [5.41, 5.74) is 1.99. The highest BCUT2D eigenvalue weighted by Gasteiger charge is 2.27. The summed E-state index contributed by atoms with van der Waals surface area (Å²) in [4.78, 5) is 12.0. The number of carbonyl (C=O) groups excluding carboxylic acids is 1. The molecule has 150 valence electrons. The minimum absolute atomic E-state index is 0.127. The topological polar surface area (TPSA) is 68.8 Å². The number of halogens is 3. The molecule has 0 unspecified atom stereocenters. The van der Waals surface area contributed by atoms with Crippen molar-refractivity contribution in [1.29, 1.82) is 0 Å². The number of urea groups is 1. The Morgan fingerprint density at radius 3 is 2.39 bits per heavy atom. The van der Waals surface area contributed by atoms with Crippen molar-refractivity contribution in [2.75, 3.05) is 25.1 Å². The van der Waals surface area contributed by atoms with Crippen molar-refractivity contribution >= 4 is 11.7 Å². The first-order chi connectivity index (χ1) is 13.4. The van der Waals surface area contributed by atoms with E-state index in [1.165, 1.54) is 0 Å². The molecule has 1 aliphatic heterocycles. The van der Waals surface area contributed by atoms with E-state index in [0.29, 0.717) is 36.0 Å². The first-order valence-electron chi connectivity index (χ1n) is 8.56. The second-order valence-corrected chi connectivity index (χ2v) is 6.09. The number of amides is 2. The Balaban J connectivity index is 1.44. The molecule has 2 N–H and O–H groups in total. The van der Waals surface area contributed by atoms with Crippen LogP contribution in [0.5, 0.6) is 11.5 Å². The van der Waals surface area contributed by atoms with Crippen molar-refractivity contribution in [3.63, 3.8) is 0 Å². The summed E-state index contributed by atoms with van der Waals surface area (Å²) in [5, 5.41) is 5.41. The van der Waals surface area contributed by atoms with E-state index in [0.717, 1.165) is 5.56 Å². The molecule has 1 heterocycles. The van der Waals surface area contributed by atoms with E-state index in [2.05, 4.69) is 15.4 Å². The molecule has 0 spiro atoms. The van der Waals surface area contributed by atoms with Gasteiger partial charge in [0.15, 0.2) is 11.5 Å². The predicted molar refractivity (Wildman–Crippen MR) is 95.4 cm³/mol. The summed E-state index contributed by atoms with van der Waals surface area (Å²) in [6.45, 7) is -0.193. The van der Waals surface area contributed by atoms with Crippen molar-refractivity contribution in [3.05, 3.63) is 53.6 Å². The molecule has 28 heavy (non-hydrogen) atoms. The monoisotopic (exact) mass is 396 g/mol. The van der Waals surface area contributed by atoms with Gasteiger partial charge < -0.3 is 24.8 Å². The van der Waals surface area contributed by atoms with Gasteiger partial charge >= 0.3 is 12.2 Å². The molecule has 2 aromatic carbocycles. The number of hydrogen-bond donors (Lipinski definition) is 2. The van der Waals surface area contributed by atoms with Gasteiger partial charge in [0.05, 0.1) is 6.61 Å². The van der Waals surface area contributed by atoms with Crippen molar-refractivity contribution < 1.29 is 32.2 Å². The van der Waals surface area contributed by atoms with Gasteiger partial charge in [0.25, 0.3) is 0 Å². The SMILES string of the molecule is O=C(NCc1ccc(COCC(F)(F)F)cc1)Nc1ccc2c(c1)OCCO2. The first kappa shape index (κ1) is 19.8. The quantitative estimate of drug-likeness (QED) is 0.778. The molecule has 0 saturated carbocycles. The van der Waals surface area contributed by atoms with E-state index in [1.807, 2.05) is 0 Å². The molecule has 0 aliphatic carbocycles. The second-order valence-electron chi connectivity index (χ2n) is 6.09. The minimum Gasteiger partial charge on any atom is -0.486 e. The van der Waals surface area contributed by atoms with Crippen molar-refractivity contribution in [2.45, 2.75) is 19.3 Å². The van der Waals surface area contributed by atoms with Gasteiger partial charge in [-0.15, -0.1) is 0 Å².